The van der Waals surface area contributed by atoms with Crippen LogP contribution in [-0.2, 0) is 11.2 Å². The maximum absolute atomic E-state index is 12.8. The third-order valence-corrected chi connectivity index (χ3v) is 5.75. The van der Waals surface area contributed by atoms with Crippen molar-refractivity contribution in [2.75, 3.05) is 6.54 Å². The number of amides is 2. The minimum absolute atomic E-state index is 0.248. The lowest BCUT2D eigenvalue weighted by Gasteiger charge is -2.11. The Hall–Kier alpha value is -3.18. The molecule has 1 aromatic heterocycles. The Balaban J connectivity index is 1.57. The van der Waals surface area contributed by atoms with Crippen LogP contribution in [0, 0.1) is 0 Å². The van der Waals surface area contributed by atoms with E-state index in [1.54, 1.807) is 30.3 Å². The number of rotatable bonds is 9. The highest BCUT2D eigenvalue weighted by atomic mass is 32.1. The fraction of sp³-hybridized carbons (Fsp3) is 0.231. The van der Waals surface area contributed by atoms with E-state index >= 15 is 0 Å². The highest BCUT2D eigenvalue weighted by molar-refractivity contribution is 7.10. The Morgan fingerprint density at radius 3 is 2.35 bits per heavy atom. The molecule has 0 saturated heterocycles. The molecule has 2 N–H and O–H groups in total. The summed E-state index contributed by atoms with van der Waals surface area (Å²) in [6, 6.07) is 21.3. The van der Waals surface area contributed by atoms with E-state index in [1.807, 2.05) is 23.6 Å². The van der Waals surface area contributed by atoms with E-state index in [0.717, 1.165) is 17.7 Å². The van der Waals surface area contributed by atoms with Crippen LogP contribution in [0.25, 0.3) is 6.08 Å². The zero-order chi connectivity index (χ0) is 22.1. The summed E-state index contributed by atoms with van der Waals surface area (Å²) in [7, 11) is 0. The van der Waals surface area contributed by atoms with Crippen molar-refractivity contribution >= 4 is 29.2 Å². The molecule has 160 valence electrons. The molecular weight excluding hydrogens is 404 g/mol. The quantitative estimate of drug-likeness (QED) is 0.352. The molecule has 0 aliphatic heterocycles. The van der Waals surface area contributed by atoms with Gasteiger partial charge in [-0.1, -0.05) is 62.4 Å². The predicted molar refractivity (Wildman–Crippen MR) is 128 cm³/mol. The zero-order valence-corrected chi connectivity index (χ0v) is 18.7. The van der Waals surface area contributed by atoms with E-state index in [4.69, 9.17) is 0 Å². The molecule has 0 radical (unpaired) electrons. The second-order valence-electron chi connectivity index (χ2n) is 7.65. The Labute approximate surface area is 188 Å². The van der Waals surface area contributed by atoms with Crippen molar-refractivity contribution < 1.29 is 9.59 Å². The van der Waals surface area contributed by atoms with Crippen LogP contribution in [0.3, 0.4) is 0 Å². The van der Waals surface area contributed by atoms with Gasteiger partial charge in [-0.3, -0.25) is 9.59 Å². The summed E-state index contributed by atoms with van der Waals surface area (Å²) in [6.45, 7) is 4.90. The van der Waals surface area contributed by atoms with Gasteiger partial charge in [0.15, 0.2) is 0 Å². The van der Waals surface area contributed by atoms with Crippen LogP contribution in [-0.4, -0.2) is 18.4 Å². The molecule has 0 fully saturated rings. The molecule has 3 aromatic rings. The average molecular weight is 433 g/mol. The van der Waals surface area contributed by atoms with Crippen LogP contribution in [0.15, 0.2) is 77.8 Å². The van der Waals surface area contributed by atoms with Crippen molar-refractivity contribution in [2.24, 2.45) is 0 Å². The van der Waals surface area contributed by atoms with Crippen molar-refractivity contribution in [1.82, 2.24) is 10.6 Å². The molecule has 2 aromatic carbocycles. The molecule has 4 nitrogen and oxygen atoms in total. The van der Waals surface area contributed by atoms with Gasteiger partial charge in [0, 0.05) is 17.0 Å². The van der Waals surface area contributed by atoms with E-state index in [9.17, 15) is 9.59 Å². The monoisotopic (exact) mass is 432 g/mol. The third-order valence-electron chi connectivity index (χ3n) is 4.93. The normalized spacial score (nSPS) is 11.4. The second kappa shape index (κ2) is 11.3. The second-order valence-corrected chi connectivity index (χ2v) is 8.63. The van der Waals surface area contributed by atoms with E-state index in [2.05, 4.69) is 48.7 Å². The van der Waals surface area contributed by atoms with Gasteiger partial charge in [0.05, 0.1) is 0 Å². The Morgan fingerprint density at radius 1 is 0.968 bits per heavy atom. The van der Waals surface area contributed by atoms with Gasteiger partial charge in [-0.15, -0.1) is 11.3 Å². The van der Waals surface area contributed by atoms with Crippen molar-refractivity contribution in [3.8, 4) is 0 Å². The highest BCUT2D eigenvalue weighted by Crippen LogP contribution is 2.16. The number of hydrogen-bond donors (Lipinski definition) is 2. The molecule has 31 heavy (non-hydrogen) atoms. The molecule has 3 rings (SSSR count). The van der Waals surface area contributed by atoms with Gasteiger partial charge in [0.25, 0.3) is 11.8 Å². The zero-order valence-electron chi connectivity index (χ0n) is 17.9. The molecular formula is C26H28N2O2S. The summed E-state index contributed by atoms with van der Waals surface area (Å²) in [6.07, 6.45) is 3.43. The number of thiophene rings is 1. The van der Waals surface area contributed by atoms with Crippen LogP contribution in [0.5, 0.6) is 0 Å². The van der Waals surface area contributed by atoms with Crippen LogP contribution in [0.1, 0.15) is 52.5 Å². The lowest BCUT2D eigenvalue weighted by molar-refractivity contribution is -0.117. The summed E-state index contributed by atoms with van der Waals surface area (Å²) in [5.74, 6) is -0.0652. The number of benzene rings is 2. The fourth-order valence-electron chi connectivity index (χ4n) is 3.12. The van der Waals surface area contributed by atoms with Gasteiger partial charge in [-0.25, -0.2) is 0 Å². The molecule has 1 heterocycles. The highest BCUT2D eigenvalue weighted by Gasteiger charge is 2.14. The molecule has 0 aliphatic carbocycles. The first-order chi connectivity index (χ1) is 15.0. The van der Waals surface area contributed by atoms with Gasteiger partial charge in [-0.2, -0.15) is 0 Å². The van der Waals surface area contributed by atoms with Gasteiger partial charge in [0.2, 0.25) is 0 Å². The van der Waals surface area contributed by atoms with E-state index in [0.29, 0.717) is 18.0 Å². The van der Waals surface area contributed by atoms with Gasteiger partial charge >= 0.3 is 0 Å². The smallest absolute Gasteiger partial charge is 0.267 e. The van der Waals surface area contributed by atoms with Crippen molar-refractivity contribution in [3.05, 3.63) is 99.4 Å². The van der Waals surface area contributed by atoms with Crippen LogP contribution in [0.4, 0.5) is 0 Å². The van der Waals surface area contributed by atoms with Crippen LogP contribution in [0.2, 0.25) is 0 Å². The Bertz CT molecular complexity index is 1010. The third kappa shape index (κ3) is 6.93. The summed E-state index contributed by atoms with van der Waals surface area (Å²) in [5.41, 5.74) is 3.34. The molecule has 2 amide bonds. The van der Waals surface area contributed by atoms with Crippen molar-refractivity contribution in [3.63, 3.8) is 0 Å². The molecule has 5 heteroatoms. The number of nitrogens with one attached hydrogen (secondary N) is 2. The van der Waals surface area contributed by atoms with E-state index in [1.165, 1.54) is 22.5 Å². The molecule has 0 bridgehead atoms. The lowest BCUT2D eigenvalue weighted by Crippen LogP contribution is -2.35. The van der Waals surface area contributed by atoms with E-state index < -0.39 is 0 Å². The molecule has 0 saturated carbocycles. The largest absolute Gasteiger partial charge is 0.351 e. The number of hydrogen-bond acceptors (Lipinski definition) is 3. The summed E-state index contributed by atoms with van der Waals surface area (Å²) >= 11 is 1.51. The van der Waals surface area contributed by atoms with Crippen molar-refractivity contribution in [1.29, 1.82) is 0 Å². The summed E-state index contributed by atoms with van der Waals surface area (Å²) in [5, 5.41) is 7.63. The Kier molecular flexibility index (Phi) is 8.19. The fourth-order valence-corrected chi connectivity index (χ4v) is 3.77. The average Bonchev–Trinajstić information content (AvgIpc) is 3.30. The number of carbonyl (C=O) groups is 2. The van der Waals surface area contributed by atoms with Gasteiger partial charge < -0.3 is 10.6 Å². The maximum Gasteiger partial charge on any atom is 0.267 e. The van der Waals surface area contributed by atoms with Crippen molar-refractivity contribution in [2.45, 2.75) is 32.6 Å². The first-order valence-electron chi connectivity index (χ1n) is 10.5. The molecule has 0 unspecified atom stereocenters. The number of carbonyl (C=O) groups excluding carboxylic acids is 2. The van der Waals surface area contributed by atoms with E-state index in [-0.39, 0.29) is 17.5 Å². The Morgan fingerprint density at radius 2 is 1.71 bits per heavy atom. The summed E-state index contributed by atoms with van der Waals surface area (Å²) < 4.78 is 0. The SMILES string of the molecule is CC(C)c1ccc(CCCNC(=O)/C(=C/c2cccs2)NC(=O)c2ccccc2)cc1. The minimum Gasteiger partial charge on any atom is -0.351 e. The first kappa shape index (κ1) is 22.5. The topological polar surface area (TPSA) is 58.2 Å². The first-order valence-corrected chi connectivity index (χ1v) is 11.4. The summed E-state index contributed by atoms with van der Waals surface area (Å²) in [4.78, 5) is 26.2. The van der Waals surface area contributed by atoms with Gasteiger partial charge in [-0.05, 0) is 59.5 Å². The maximum atomic E-state index is 12.8. The number of aryl methyl sites for hydroxylation is 1. The lowest BCUT2D eigenvalue weighted by atomic mass is 10.0. The molecule has 0 atom stereocenters. The molecule has 0 aliphatic rings. The minimum atomic E-state index is -0.302. The molecule has 0 spiro atoms. The predicted octanol–water partition coefficient (Wildman–Crippen LogP) is 5.39. The van der Waals surface area contributed by atoms with Gasteiger partial charge in [0.1, 0.15) is 5.70 Å². The standard InChI is InChI=1S/C26H28N2O2S/c1-19(2)21-14-12-20(13-15-21)8-6-16-27-26(30)24(18-23-11-7-17-31-23)28-25(29)22-9-4-3-5-10-22/h3-5,7,9-15,17-19H,6,8,16H2,1-2H3,(H,27,30)(H,28,29)/b24-18-. The van der Waals surface area contributed by atoms with Crippen LogP contribution < -0.4 is 10.6 Å². The van der Waals surface area contributed by atoms with Crippen LogP contribution >= 0.6 is 11.3 Å².